The molecule has 1 atom stereocenters. The van der Waals surface area contributed by atoms with E-state index in [1.165, 1.54) is 19.1 Å². The van der Waals surface area contributed by atoms with Crippen LogP contribution in [0.3, 0.4) is 0 Å². The van der Waals surface area contributed by atoms with Gasteiger partial charge < -0.3 is 14.1 Å². The van der Waals surface area contributed by atoms with Crippen LogP contribution in [0.15, 0.2) is 64.5 Å². The molecule has 2 aromatic carbocycles. The topological polar surface area (TPSA) is 86.8 Å². The van der Waals surface area contributed by atoms with Crippen LogP contribution < -0.4 is 4.74 Å². The van der Waals surface area contributed by atoms with Crippen molar-refractivity contribution >= 4 is 11.5 Å². The van der Waals surface area contributed by atoms with E-state index in [9.17, 15) is 9.18 Å². The van der Waals surface area contributed by atoms with Crippen LogP contribution in [0.4, 0.5) is 4.39 Å². The Morgan fingerprint density at radius 1 is 1.18 bits per heavy atom. The van der Waals surface area contributed by atoms with E-state index in [2.05, 4.69) is 21.9 Å². The molecule has 1 unspecified atom stereocenters. The molecule has 0 saturated heterocycles. The number of carbonyl (C=O) groups excluding carboxylic acids is 1. The fourth-order valence-corrected chi connectivity index (χ4v) is 3.07. The van der Waals surface area contributed by atoms with Gasteiger partial charge in [-0.1, -0.05) is 43.7 Å². The quantitative estimate of drug-likeness (QED) is 0.151. The van der Waals surface area contributed by atoms with E-state index >= 15 is 0 Å². The Labute approximate surface area is 198 Å². The summed E-state index contributed by atoms with van der Waals surface area (Å²) in [7, 11) is 0. The molecule has 7 nitrogen and oxygen atoms in total. The standard InChI is InChI=1S/C26H28FN3O4/c1-7-24(18(6)33-29-16(4)20-10-13-22(17(5)31)23(27)14-20)32-21-11-8-19(9-12-21)25-28-26(15(2)3)34-30-25/h8-15,24H,6-7H2,1-5H3/b29-16+. The molecular weight excluding hydrogens is 437 g/mol. The van der Waals surface area contributed by atoms with Crippen molar-refractivity contribution in [3.05, 3.63) is 77.6 Å². The number of halogens is 1. The average Bonchev–Trinajstić information content (AvgIpc) is 3.31. The van der Waals surface area contributed by atoms with Gasteiger partial charge in [0.1, 0.15) is 11.6 Å². The van der Waals surface area contributed by atoms with Gasteiger partial charge in [-0.25, -0.2) is 4.39 Å². The minimum Gasteiger partial charge on any atom is -0.482 e. The van der Waals surface area contributed by atoms with Gasteiger partial charge in [-0.3, -0.25) is 4.79 Å². The van der Waals surface area contributed by atoms with E-state index in [1.54, 1.807) is 13.0 Å². The molecule has 0 N–H and O–H groups in total. The van der Waals surface area contributed by atoms with E-state index in [1.807, 2.05) is 45.0 Å². The molecule has 0 fully saturated rings. The van der Waals surface area contributed by atoms with E-state index in [4.69, 9.17) is 14.1 Å². The van der Waals surface area contributed by atoms with Crippen LogP contribution in [0.1, 0.15) is 68.8 Å². The van der Waals surface area contributed by atoms with Crippen LogP contribution >= 0.6 is 0 Å². The van der Waals surface area contributed by atoms with Crippen molar-refractivity contribution in [2.75, 3.05) is 0 Å². The van der Waals surface area contributed by atoms with Crippen LogP contribution in [0.2, 0.25) is 0 Å². The first-order valence-electron chi connectivity index (χ1n) is 11.0. The highest BCUT2D eigenvalue weighted by atomic mass is 19.1. The second-order valence-corrected chi connectivity index (χ2v) is 8.14. The molecule has 3 rings (SSSR count). The number of hydrogen-bond donors (Lipinski definition) is 0. The summed E-state index contributed by atoms with van der Waals surface area (Å²) in [6.07, 6.45) is 0.150. The Hall–Kier alpha value is -3.81. The van der Waals surface area contributed by atoms with Gasteiger partial charge in [0.2, 0.25) is 11.7 Å². The molecule has 0 spiro atoms. The highest BCUT2D eigenvalue weighted by molar-refractivity contribution is 6.00. The minimum absolute atomic E-state index is 0.0343. The molecule has 0 aliphatic rings. The van der Waals surface area contributed by atoms with Gasteiger partial charge in [-0.2, -0.15) is 4.98 Å². The largest absolute Gasteiger partial charge is 0.482 e. The Bertz CT molecular complexity index is 1200. The predicted molar refractivity (Wildman–Crippen MR) is 127 cm³/mol. The Balaban J connectivity index is 1.64. The predicted octanol–water partition coefficient (Wildman–Crippen LogP) is 6.31. The number of nitrogens with zero attached hydrogens (tertiary/aromatic N) is 3. The van der Waals surface area contributed by atoms with Gasteiger partial charge in [0.05, 0.1) is 11.3 Å². The van der Waals surface area contributed by atoms with Gasteiger partial charge in [-0.05, 0) is 56.7 Å². The fraction of sp³-hybridized carbons (Fsp3) is 0.308. The number of Topliss-reactive ketones (excluding diaryl/α,β-unsaturated/α-hetero) is 1. The van der Waals surface area contributed by atoms with Gasteiger partial charge in [0.15, 0.2) is 17.6 Å². The highest BCUT2D eigenvalue weighted by Gasteiger charge is 2.16. The third-order valence-corrected chi connectivity index (χ3v) is 5.12. The van der Waals surface area contributed by atoms with Crippen molar-refractivity contribution < 1.29 is 23.3 Å². The Kier molecular flexibility index (Phi) is 7.94. The van der Waals surface area contributed by atoms with Crippen LogP contribution in [-0.4, -0.2) is 27.7 Å². The second-order valence-electron chi connectivity index (χ2n) is 8.14. The first-order chi connectivity index (χ1) is 16.2. The molecular formula is C26H28FN3O4. The molecule has 0 saturated carbocycles. The summed E-state index contributed by atoms with van der Waals surface area (Å²) in [5.74, 6) is 1.26. The molecule has 8 heteroatoms. The zero-order valence-corrected chi connectivity index (χ0v) is 20.0. The lowest BCUT2D eigenvalue weighted by Crippen LogP contribution is -2.19. The summed E-state index contributed by atoms with van der Waals surface area (Å²) < 4.78 is 25.4. The Morgan fingerprint density at radius 2 is 1.88 bits per heavy atom. The van der Waals surface area contributed by atoms with Crippen LogP contribution in [0.25, 0.3) is 11.4 Å². The summed E-state index contributed by atoms with van der Waals surface area (Å²) in [6.45, 7) is 12.8. The van der Waals surface area contributed by atoms with Crippen molar-refractivity contribution in [1.82, 2.24) is 10.1 Å². The van der Waals surface area contributed by atoms with E-state index in [-0.39, 0.29) is 17.3 Å². The normalized spacial score (nSPS) is 12.5. The second kappa shape index (κ2) is 10.9. The number of ketones is 1. The van der Waals surface area contributed by atoms with Crippen molar-refractivity contribution in [2.45, 2.75) is 53.1 Å². The Morgan fingerprint density at radius 3 is 2.44 bits per heavy atom. The number of hydrogen-bond acceptors (Lipinski definition) is 7. The van der Waals surface area contributed by atoms with E-state index in [0.717, 1.165) is 5.56 Å². The SMILES string of the molecule is C=C(O/N=C(\C)c1ccc(C(C)=O)c(F)c1)C(CC)Oc1ccc(-c2noc(C(C)C)n2)cc1. The van der Waals surface area contributed by atoms with E-state index < -0.39 is 11.9 Å². The zero-order valence-electron chi connectivity index (χ0n) is 20.0. The molecule has 3 aromatic rings. The minimum atomic E-state index is -0.599. The van der Waals surface area contributed by atoms with Gasteiger partial charge >= 0.3 is 0 Å². The molecule has 0 aliphatic heterocycles. The van der Waals surface area contributed by atoms with Crippen LogP contribution in [0, 0.1) is 5.82 Å². The van der Waals surface area contributed by atoms with Gasteiger partial charge in [0.25, 0.3) is 0 Å². The summed E-state index contributed by atoms with van der Waals surface area (Å²) in [6, 6.07) is 11.6. The summed E-state index contributed by atoms with van der Waals surface area (Å²) >= 11 is 0. The lowest BCUT2D eigenvalue weighted by Gasteiger charge is -2.18. The molecule has 34 heavy (non-hydrogen) atoms. The number of oxime groups is 1. The number of ether oxygens (including phenoxy) is 1. The summed E-state index contributed by atoms with van der Waals surface area (Å²) in [5.41, 5.74) is 1.79. The van der Waals surface area contributed by atoms with Crippen molar-refractivity contribution in [2.24, 2.45) is 5.16 Å². The number of aromatic nitrogens is 2. The maximum absolute atomic E-state index is 14.1. The molecule has 0 bridgehead atoms. The smallest absolute Gasteiger partial charge is 0.229 e. The maximum Gasteiger partial charge on any atom is 0.229 e. The number of carbonyl (C=O) groups is 1. The molecule has 0 amide bonds. The summed E-state index contributed by atoms with van der Waals surface area (Å²) in [4.78, 5) is 21.3. The monoisotopic (exact) mass is 465 g/mol. The third kappa shape index (κ3) is 5.95. The molecule has 1 aromatic heterocycles. The first-order valence-corrected chi connectivity index (χ1v) is 11.0. The third-order valence-electron chi connectivity index (χ3n) is 5.12. The highest BCUT2D eigenvalue weighted by Crippen LogP contribution is 2.24. The number of benzene rings is 2. The number of rotatable bonds is 10. The lowest BCUT2D eigenvalue weighted by atomic mass is 10.1. The zero-order chi connectivity index (χ0) is 24.8. The van der Waals surface area contributed by atoms with Crippen molar-refractivity contribution in [1.29, 1.82) is 0 Å². The first kappa shape index (κ1) is 24.8. The van der Waals surface area contributed by atoms with E-state index in [0.29, 0.717) is 40.9 Å². The van der Waals surface area contributed by atoms with Crippen LogP contribution in [0.5, 0.6) is 5.75 Å². The molecule has 0 radical (unpaired) electrons. The molecule has 178 valence electrons. The maximum atomic E-state index is 14.1. The van der Waals surface area contributed by atoms with Crippen molar-refractivity contribution in [3.8, 4) is 17.1 Å². The van der Waals surface area contributed by atoms with Gasteiger partial charge in [0, 0.05) is 17.0 Å². The lowest BCUT2D eigenvalue weighted by molar-refractivity contribution is 0.101. The fourth-order valence-electron chi connectivity index (χ4n) is 3.07. The van der Waals surface area contributed by atoms with Crippen molar-refractivity contribution in [3.63, 3.8) is 0 Å². The van der Waals surface area contributed by atoms with Gasteiger partial charge in [-0.15, -0.1) is 0 Å². The average molecular weight is 466 g/mol. The summed E-state index contributed by atoms with van der Waals surface area (Å²) in [5, 5.41) is 8.06. The van der Waals surface area contributed by atoms with Crippen LogP contribution in [-0.2, 0) is 4.84 Å². The molecule has 1 heterocycles. The molecule has 0 aliphatic carbocycles.